The molecule has 2 aliphatic heterocycles. The molecular formula is C21H25N3O. The van der Waals surface area contributed by atoms with Crippen LogP contribution < -0.4 is 5.32 Å². The van der Waals surface area contributed by atoms with Gasteiger partial charge in [0.15, 0.2) is 0 Å². The molecule has 2 aromatic rings. The Bertz CT molecular complexity index is 723. The molecular weight excluding hydrogens is 310 g/mol. The number of hydrogen-bond acceptors (Lipinski definition) is 3. The van der Waals surface area contributed by atoms with Crippen LogP contribution in [-0.4, -0.2) is 47.9 Å². The van der Waals surface area contributed by atoms with E-state index in [1.807, 2.05) is 4.90 Å². The summed E-state index contributed by atoms with van der Waals surface area (Å²) in [4.78, 5) is 17.3. The Balaban J connectivity index is 1.31. The number of fused-ring (bicyclic) bond motifs is 1. The highest BCUT2D eigenvalue weighted by atomic mass is 16.2. The highest BCUT2D eigenvalue weighted by molar-refractivity contribution is 5.82. The number of hydrogen-bond donors (Lipinski definition) is 1. The van der Waals surface area contributed by atoms with E-state index in [-0.39, 0.29) is 11.9 Å². The zero-order chi connectivity index (χ0) is 17.1. The van der Waals surface area contributed by atoms with Crippen molar-refractivity contribution in [2.45, 2.75) is 25.6 Å². The first-order valence-corrected chi connectivity index (χ1v) is 9.15. The smallest absolute Gasteiger partial charge is 0.240 e. The van der Waals surface area contributed by atoms with Crippen LogP contribution >= 0.6 is 0 Å². The van der Waals surface area contributed by atoms with Crippen molar-refractivity contribution >= 4 is 5.91 Å². The fourth-order valence-corrected chi connectivity index (χ4v) is 3.82. The number of carbonyl (C=O) groups is 1. The number of piperazine rings is 1. The molecule has 2 aromatic carbocycles. The van der Waals surface area contributed by atoms with E-state index in [1.54, 1.807) is 0 Å². The molecule has 0 spiro atoms. The minimum atomic E-state index is -0.0735. The maximum atomic E-state index is 12.9. The van der Waals surface area contributed by atoms with Gasteiger partial charge >= 0.3 is 0 Å². The first-order valence-electron chi connectivity index (χ1n) is 9.15. The van der Waals surface area contributed by atoms with E-state index in [0.717, 1.165) is 45.7 Å². The summed E-state index contributed by atoms with van der Waals surface area (Å²) in [7, 11) is 0. The van der Waals surface area contributed by atoms with Gasteiger partial charge in [-0.25, -0.2) is 0 Å². The molecule has 4 nitrogen and oxygen atoms in total. The number of nitrogens with zero attached hydrogens (tertiary/aromatic N) is 2. The fourth-order valence-electron chi connectivity index (χ4n) is 3.82. The molecule has 2 heterocycles. The normalized spacial score (nSPS) is 21.0. The van der Waals surface area contributed by atoms with Crippen LogP contribution in [0.4, 0.5) is 0 Å². The minimum Gasteiger partial charge on any atom is -0.339 e. The summed E-state index contributed by atoms with van der Waals surface area (Å²) in [6.45, 7) is 5.31. The first kappa shape index (κ1) is 16.3. The fraction of sp³-hybridized carbons (Fsp3) is 0.381. The topological polar surface area (TPSA) is 35.6 Å². The summed E-state index contributed by atoms with van der Waals surface area (Å²) in [6, 6.07) is 18.9. The predicted octanol–water partition coefficient (Wildman–Crippen LogP) is 2.05. The van der Waals surface area contributed by atoms with Crippen LogP contribution in [0.5, 0.6) is 0 Å². The molecule has 0 unspecified atom stereocenters. The zero-order valence-corrected chi connectivity index (χ0v) is 14.5. The summed E-state index contributed by atoms with van der Waals surface area (Å²) in [5.74, 6) is 0.258. The summed E-state index contributed by atoms with van der Waals surface area (Å²) < 4.78 is 0. The van der Waals surface area contributed by atoms with Crippen molar-refractivity contribution in [2.24, 2.45) is 0 Å². The summed E-state index contributed by atoms with van der Waals surface area (Å²) in [6.07, 6.45) is 0.805. The Kier molecular flexibility index (Phi) is 4.81. The minimum absolute atomic E-state index is 0.0735. The Hall–Kier alpha value is -2.17. The SMILES string of the molecule is O=C([C@@H]1Cc2ccccc2CN1)N1CCN(Cc2ccccc2)CC1. The van der Waals surface area contributed by atoms with Crippen molar-refractivity contribution in [1.82, 2.24) is 15.1 Å². The molecule has 130 valence electrons. The molecule has 1 amide bonds. The summed E-state index contributed by atoms with van der Waals surface area (Å²) in [5.41, 5.74) is 3.97. The second-order valence-electron chi connectivity index (χ2n) is 6.99. The third-order valence-electron chi connectivity index (χ3n) is 5.31. The number of carbonyl (C=O) groups excluding carboxylic acids is 1. The third-order valence-corrected chi connectivity index (χ3v) is 5.31. The van der Waals surface area contributed by atoms with Crippen LogP contribution in [0.3, 0.4) is 0 Å². The molecule has 1 atom stereocenters. The summed E-state index contributed by atoms with van der Waals surface area (Å²) >= 11 is 0. The van der Waals surface area contributed by atoms with Gasteiger partial charge in [0.25, 0.3) is 0 Å². The van der Waals surface area contributed by atoms with E-state index in [0.29, 0.717) is 0 Å². The van der Waals surface area contributed by atoms with Crippen LogP contribution in [0, 0.1) is 0 Å². The molecule has 25 heavy (non-hydrogen) atoms. The molecule has 0 aliphatic carbocycles. The lowest BCUT2D eigenvalue weighted by molar-refractivity contribution is -0.135. The molecule has 1 N–H and O–H groups in total. The van der Waals surface area contributed by atoms with Crippen LogP contribution in [0.25, 0.3) is 0 Å². The van der Waals surface area contributed by atoms with Crippen LogP contribution in [-0.2, 0) is 24.3 Å². The molecule has 1 saturated heterocycles. The molecule has 0 bridgehead atoms. The van der Waals surface area contributed by atoms with Gasteiger partial charge in [0.1, 0.15) is 0 Å². The Morgan fingerprint density at radius 2 is 1.60 bits per heavy atom. The molecule has 2 aliphatic rings. The molecule has 0 radical (unpaired) electrons. The van der Waals surface area contributed by atoms with Gasteiger partial charge in [0, 0.05) is 39.3 Å². The molecule has 4 rings (SSSR count). The van der Waals surface area contributed by atoms with E-state index in [4.69, 9.17) is 0 Å². The van der Waals surface area contributed by atoms with Gasteiger partial charge < -0.3 is 10.2 Å². The van der Waals surface area contributed by atoms with Gasteiger partial charge in [-0.15, -0.1) is 0 Å². The van der Waals surface area contributed by atoms with Gasteiger partial charge in [-0.05, 0) is 23.1 Å². The molecule has 0 saturated carbocycles. The average molecular weight is 335 g/mol. The Morgan fingerprint density at radius 1 is 0.920 bits per heavy atom. The van der Waals surface area contributed by atoms with E-state index in [1.165, 1.54) is 16.7 Å². The molecule has 1 fully saturated rings. The Morgan fingerprint density at radius 3 is 2.36 bits per heavy atom. The maximum absolute atomic E-state index is 12.9. The van der Waals surface area contributed by atoms with Crippen LogP contribution in [0.1, 0.15) is 16.7 Å². The van der Waals surface area contributed by atoms with Crippen LogP contribution in [0.15, 0.2) is 54.6 Å². The quantitative estimate of drug-likeness (QED) is 0.932. The molecule has 4 heteroatoms. The van der Waals surface area contributed by atoms with Crippen molar-refractivity contribution in [3.63, 3.8) is 0 Å². The highest BCUT2D eigenvalue weighted by Crippen LogP contribution is 2.18. The number of nitrogens with one attached hydrogen (secondary N) is 1. The largest absolute Gasteiger partial charge is 0.339 e. The van der Waals surface area contributed by atoms with Gasteiger partial charge in [0.2, 0.25) is 5.91 Å². The standard InChI is InChI=1S/C21H25N3O/c25-21(20-14-18-8-4-5-9-19(18)15-22-20)24-12-10-23(11-13-24)16-17-6-2-1-3-7-17/h1-9,20,22H,10-16H2/t20-/m0/s1. The number of amides is 1. The third kappa shape index (κ3) is 3.75. The highest BCUT2D eigenvalue weighted by Gasteiger charge is 2.29. The van der Waals surface area contributed by atoms with Crippen molar-refractivity contribution < 1.29 is 4.79 Å². The van der Waals surface area contributed by atoms with Gasteiger partial charge in [-0.1, -0.05) is 54.6 Å². The second-order valence-corrected chi connectivity index (χ2v) is 6.99. The predicted molar refractivity (Wildman–Crippen MR) is 99.1 cm³/mol. The van der Waals surface area contributed by atoms with Crippen LogP contribution in [0.2, 0.25) is 0 Å². The van der Waals surface area contributed by atoms with Crippen molar-refractivity contribution in [3.05, 3.63) is 71.3 Å². The lowest BCUT2D eigenvalue weighted by Crippen LogP contribution is -2.55. The van der Waals surface area contributed by atoms with Gasteiger partial charge in [0.05, 0.1) is 6.04 Å². The van der Waals surface area contributed by atoms with E-state index >= 15 is 0 Å². The van der Waals surface area contributed by atoms with Crippen molar-refractivity contribution in [1.29, 1.82) is 0 Å². The first-order chi connectivity index (χ1) is 12.3. The average Bonchev–Trinajstić information content (AvgIpc) is 2.68. The van der Waals surface area contributed by atoms with E-state index in [9.17, 15) is 4.79 Å². The van der Waals surface area contributed by atoms with Crippen molar-refractivity contribution in [3.8, 4) is 0 Å². The summed E-state index contributed by atoms with van der Waals surface area (Å²) in [5, 5.41) is 3.42. The maximum Gasteiger partial charge on any atom is 0.240 e. The number of benzene rings is 2. The van der Waals surface area contributed by atoms with Gasteiger partial charge in [-0.3, -0.25) is 9.69 Å². The Labute approximate surface area is 149 Å². The lowest BCUT2D eigenvalue weighted by Gasteiger charge is -2.37. The lowest BCUT2D eigenvalue weighted by atomic mass is 9.95. The molecule has 0 aromatic heterocycles. The van der Waals surface area contributed by atoms with Crippen molar-refractivity contribution in [2.75, 3.05) is 26.2 Å². The monoisotopic (exact) mass is 335 g/mol. The van der Waals surface area contributed by atoms with Gasteiger partial charge in [-0.2, -0.15) is 0 Å². The van der Waals surface area contributed by atoms with E-state index < -0.39 is 0 Å². The second kappa shape index (κ2) is 7.38. The zero-order valence-electron chi connectivity index (χ0n) is 14.5. The van der Waals surface area contributed by atoms with E-state index in [2.05, 4.69) is 64.8 Å². The number of rotatable bonds is 3.